The fraction of sp³-hybridized carbons (Fsp3) is 0.267. The Bertz CT molecular complexity index is 518. The molecule has 2 atom stereocenters. The van der Waals surface area contributed by atoms with Gasteiger partial charge in [0.15, 0.2) is 0 Å². The molecule has 1 aromatic heterocycles. The number of pyridine rings is 1. The van der Waals surface area contributed by atoms with Crippen molar-refractivity contribution in [2.45, 2.75) is 23.6 Å². The summed E-state index contributed by atoms with van der Waals surface area (Å²) < 4.78 is 0. The number of nitrogen functional groups attached to an aromatic ring is 1. The second-order valence-electron chi connectivity index (χ2n) is 4.66. The lowest BCUT2D eigenvalue weighted by Crippen LogP contribution is -2.38. The van der Waals surface area contributed by atoms with Gasteiger partial charge in [0.05, 0.1) is 23.0 Å². The zero-order chi connectivity index (χ0) is 14.4. The Morgan fingerprint density at radius 3 is 2.55 bits per heavy atom. The normalized spacial score (nSPS) is 13.9. The van der Waals surface area contributed by atoms with E-state index in [0.717, 1.165) is 10.6 Å². The molecule has 0 spiro atoms. The topological polar surface area (TPSA) is 85.2 Å². The summed E-state index contributed by atoms with van der Waals surface area (Å²) >= 11 is 1.48. The van der Waals surface area contributed by atoms with Crippen LogP contribution in [0, 0.1) is 0 Å². The van der Waals surface area contributed by atoms with E-state index in [1.54, 1.807) is 12.3 Å². The summed E-state index contributed by atoms with van der Waals surface area (Å²) in [4.78, 5) is 4.18. The molecular weight excluding hydrogens is 270 g/mol. The quantitative estimate of drug-likeness (QED) is 0.705. The minimum absolute atomic E-state index is 0.279. The van der Waals surface area contributed by atoms with Crippen molar-refractivity contribution in [2.24, 2.45) is 5.73 Å². The summed E-state index contributed by atoms with van der Waals surface area (Å²) in [6, 6.07) is 13.3. The minimum atomic E-state index is -0.570. The third-order valence-electron chi connectivity index (χ3n) is 2.97. The van der Waals surface area contributed by atoms with Crippen LogP contribution in [0.2, 0.25) is 0 Å². The predicted molar refractivity (Wildman–Crippen MR) is 83.5 cm³/mol. The number of hydrogen-bond acceptors (Lipinski definition) is 5. The molecule has 0 aliphatic carbocycles. The number of rotatable bonds is 6. The van der Waals surface area contributed by atoms with Crippen LogP contribution in [-0.2, 0) is 6.42 Å². The van der Waals surface area contributed by atoms with Gasteiger partial charge in [0.2, 0.25) is 0 Å². The van der Waals surface area contributed by atoms with E-state index in [-0.39, 0.29) is 6.04 Å². The van der Waals surface area contributed by atoms with Gasteiger partial charge in [0.1, 0.15) is 0 Å². The number of aliphatic hydroxyl groups excluding tert-OH is 1. The summed E-state index contributed by atoms with van der Waals surface area (Å²) in [5, 5.41) is 10.9. The predicted octanol–water partition coefficient (Wildman–Crippen LogP) is 1.69. The van der Waals surface area contributed by atoms with Gasteiger partial charge in [-0.15, -0.1) is 11.8 Å². The maximum absolute atomic E-state index is 10.1. The third-order valence-corrected chi connectivity index (χ3v) is 4.02. The Morgan fingerprint density at radius 1 is 1.15 bits per heavy atom. The van der Waals surface area contributed by atoms with Gasteiger partial charge >= 0.3 is 0 Å². The minimum Gasteiger partial charge on any atom is -0.397 e. The van der Waals surface area contributed by atoms with Gasteiger partial charge < -0.3 is 16.6 Å². The van der Waals surface area contributed by atoms with E-state index < -0.39 is 6.10 Å². The van der Waals surface area contributed by atoms with E-state index in [1.807, 2.05) is 36.4 Å². The molecule has 2 rings (SSSR count). The van der Waals surface area contributed by atoms with Crippen LogP contribution in [0.5, 0.6) is 0 Å². The van der Waals surface area contributed by atoms with Crippen molar-refractivity contribution in [2.75, 3.05) is 11.5 Å². The maximum atomic E-state index is 10.1. The molecule has 0 saturated heterocycles. The van der Waals surface area contributed by atoms with Crippen molar-refractivity contribution >= 4 is 17.4 Å². The molecule has 5 heteroatoms. The number of hydrogen-bond donors (Lipinski definition) is 3. The highest BCUT2D eigenvalue weighted by molar-refractivity contribution is 7.99. The molecule has 0 saturated carbocycles. The van der Waals surface area contributed by atoms with Gasteiger partial charge in [0.25, 0.3) is 0 Å². The van der Waals surface area contributed by atoms with Crippen molar-refractivity contribution in [3.05, 3.63) is 54.2 Å². The summed E-state index contributed by atoms with van der Waals surface area (Å²) in [5.74, 6) is 0.519. The lowest BCUT2D eigenvalue weighted by molar-refractivity contribution is 0.167. The van der Waals surface area contributed by atoms with Crippen LogP contribution >= 0.6 is 11.8 Å². The van der Waals surface area contributed by atoms with Crippen LogP contribution in [0.15, 0.2) is 53.7 Å². The molecule has 0 aliphatic rings. The molecule has 0 amide bonds. The largest absolute Gasteiger partial charge is 0.397 e. The highest BCUT2D eigenvalue weighted by Crippen LogP contribution is 2.18. The molecule has 0 bridgehead atoms. The number of nitrogens with zero attached hydrogens (tertiary/aromatic N) is 1. The number of aromatic nitrogens is 1. The Balaban J connectivity index is 1.82. The standard InChI is InChI=1S/C15H19N3OS/c16-12-6-7-15(18-9-12)20-10-14(19)13(17)8-11-4-2-1-3-5-11/h1-7,9,13-14,19H,8,10,16-17H2. The lowest BCUT2D eigenvalue weighted by atomic mass is 10.0. The van der Waals surface area contributed by atoms with Crippen molar-refractivity contribution < 1.29 is 5.11 Å². The average Bonchev–Trinajstić information content (AvgIpc) is 2.47. The number of aliphatic hydroxyl groups is 1. The Hall–Kier alpha value is -1.56. The Kier molecular flexibility index (Phi) is 5.40. The van der Waals surface area contributed by atoms with Crippen molar-refractivity contribution in [3.8, 4) is 0 Å². The van der Waals surface area contributed by atoms with Gasteiger partial charge in [0, 0.05) is 11.8 Å². The van der Waals surface area contributed by atoms with E-state index in [4.69, 9.17) is 11.5 Å². The highest BCUT2D eigenvalue weighted by atomic mass is 32.2. The van der Waals surface area contributed by atoms with E-state index in [9.17, 15) is 5.11 Å². The van der Waals surface area contributed by atoms with Gasteiger partial charge in [-0.05, 0) is 24.1 Å². The first-order chi connectivity index (χ1) is 9.65. The summed E-state index contributed by atoms with van der Waals surface area (Å²) in [7, 11) is 0. The van der Waals surface area contributed by atoms with Crippen LogP contribution in [-0.4, -0.2) is 28.0 Å². The average molecular weight is 289 g/mol. The molecular formula is C15H19N3OS. The summed E-state index contributed by atoms with van der Waals surface area (Å²) in [6.45, 7) is 0. The van der Waals surface area contributed by atoms with Crippen molar-refractivity contribution in [1.29, 1.82) is 0 Å². The smallest absolute Gasteiger partial charge is 0.0962 e. The molecule has 106 valence electrons. The van der Waals surface area contributed by atoms with Gasteiger partial charge in [-0.3, -0.25) is 0 Å². The zero-order valence-corrected chi connectivity index (χ0v) is 12.0. The van der Waals surface area contributed by atoms with Crippen LogP contribution in [0.4, 0.5) is 5.69 Å². The third kappa shape index (κ3) is 4.52. The molecule has 0 aliphatic heterocycles. The van der Waals surface area contributed by atoms with E-state index in [1.165, 1.54) is 11.8 Å². The molecule has 5 N–H and O–H groups in total. The van der Waals surface area contributed by atoms with Gasteiger partial charge in [-0.2, -0.15) is 0 Å². The summed E-state index contributed by atoms with van der Waals surface area (Å²) in [6.07, 6.45) is 1.70. The lowest BCUT2D eigenvalue weighted by Gasteiger charge is -2.18. The SMILES string of the molecule is Nc1ccc(SCC(O)C(N)Cc2ccccc2)nc1. The highest BCUT2D eigenvalue weighted by Gasteiger charge is 2.15. The van der Waals surface area contributed by atoms with Crippen molar-refractivity contribution in [3.63, 3.8) is 0 Å². The first kappa shape index (κ1) is 14.8. The molecule has 20 heavy (non-hydrogen) atoms. The number of anilines is 1. The van der Waals surface area contributed by atoms with Gasteiger partial charge in [-0.25, -0.2) is 4.98 Å². The first-order valence-corrected chi connectivity index (χ1v) is 7.45. The molecule has 4 nitrogen and oxygen atoms in total. The second kappa shape index (κ2) is 7.28. The van der Waals surface area contributed by atoms with E-state index >= 15 is 0 Å². The molecule has 0 fully saturated rings. The first-order valence-electron chi connectivity index (χ1n) is 6.47. The van der Waals surface area contributed by atoms with Crippen LogP contribution in [0.25, 0.3) is 0 Å². The number of thioether (sulfide) groups is 1. The second-order valence-corrected chi connectivity index (χ2v) is 5.70. The Morgan fingerprint density at radius 2 is 1.90 bits per heavy atom. The number of benzene rings is 1. The van der Waals surface area contributed by atoms with Crippen molar-refractivity contribution in [1.82, 2.24) is 4.98 Å². The number of nitrogens with two attached hydrogens (primary N) is 2. The monoisotopic (exact) mass is 289 g/mol. The van der Waals surface area contributed by atoms with E-state index in [0.29, 0.717) is 17.9 Å². The van der Waals surface area contributed by atoms with Gasteiger partial charge in [-0.1, -0.05) is 30.3 Å². The zero-order valence-electron chi connectivity index (χ0n) is 11.1. The fourth-order valence-corrected chi connectivity index (χ4v) is 2.67. The fourth-order valence-electron chi connectivity index (χ4n) is 1.79. The maximum Gasteiger partial charge on any atom is 0.0962 e. The van der Waals surface area contributed by atoms with E-state index in [2.05, 4.69) is 4.98 Å². The molecule has 1 heterocycles. The van der Waals surface area contributed by atoms with Crippen LogP contribution in [0.1, 0.15) is 5.56 Å². The molecule has 0 radical (unpaired) electrons. The van der Waals surface area contributed by atoms with Crippen LogP contribution < -0.4 is 11.5 Å². The van der Waals surface area contributed by atoms with Crippen LogP contribution in [0.3, 0.4) is 0 Å². The Labute approximate surface area is 123 Å². The molecule has 2 aromatic rings. The molecule has 2 unspecified atom stereocenters. The molecule has 1 aromatic carbocycles. The summed E-state index contributed by atoms with van der Waals surface area (Å²) in [5.41, 5.74) is 13.4.